The molecule has 33 heavy (non-hydrogen) atoms. The zero-order valence-electron chi connectivity index (χ0n) is 18.4. The van der Waals surface area contributed by atoms with Crippen molar-refractivity contribution in [2.45, 2.75) is 42.6 Å². The molecule has 0 bridgehead atoms. The molecule has 0 aliphatic carbocycles. The summed E-state index contributed by atoms with van der Waals surface area (Å²) >= 11 is 0. The monoisotopic (exact) mass is 468 g/mol. The number of fused-ring (bicyclic) bond motifs is 1. The van der Waals surface area contributed by atoms with Crippen molar-refractivity contribution in [1.82, 2.24) is 9.29 Å². The number of rotatable bonds is 6. The lowest BCUT2D eigenvalue weighted by molar-refractivity contribution is 0.0855. The lowest BCUT2D eigenvalue weighted by Gasteiger charge is -2.21. The van der Waals surface area contributed by atoms with Gasteiger partial charge in [0.25, 0.3) is 15.9 Å². The fraction of sp³-hybridized carbons (Fsp3) is 0.400. The molecule has 0 unspecified atom stereocenters. The molecular formula is C25H28N2O5S. The predicted octanol–water partition coefficient (Wildman–Crippen LogP) is 3.68. The highest BCUT2D eigenvalue weighted by atomic mass is 32.2. The van der Waals surface area contributed by atoms with Crippen LogP contribution in [0.5, 0.6) is 0 Å². The first-order valence-corrected chi connectivity index (χ1v) is 12.9. The maximum Gasteiger partial charge on any atom is 0.268 e. The molecule has 1 amide bonds. The molecule has 1 atom stereocenters. The van der Waals surface area contributed by atoms with Crippen molar-refractivity contribution < 1.29 is 22.7 Å². The number of carbonyl (C=O) groups excluding carboxylic acids is 1. The van der Waals surface area contributed by atoms with Gasteiger partial charge in [0, 0.05) is 43.5 Å². The van der Waals surface area contributed by atoms with Crippen LogP contribution in [0.2, 0.25) is 0 Å². The molecule has 2 aliphatic heterocycles. The average molecular weight is 469 g/mol. The number of hydrogen-bond acceptors (Lipinski definition) is 5. The first-order valence-electron chi connectivity index (χ1n) is 11.5. The molecule has 2 saturated heterocycles. The van der Waals surface area contributed by atoms with E-state index in [9.17, 15) is 13.2 Å². The SMILES string of the molecule is O=C(NC[C@H]1CCCO1)c1ccc(S(=O)(=O)n2cc(C3CCOCC3)c3ccccc32)cc1. The van der Waals surface area contributed by atoms with Crippen molar-refractivity contribution in [1.29, 1.82) is 0 Å². The molecule has 2 fully saturated rings. The lowest BCUT2D eigenvalue weighted by atomic mass is 9.91. The van der Waals surface area contributed by atoms with E-state index in [4.69, 9.17) is 9.47 Å². The van der Waals surface area contributed by atoms with Crippen LogP contribution in [0.4, 0.5) is 0 Å². The first kappa shape index (κ1) is 22.1. The van der Waals surface area contributed by atoms with Gasteiger partial charge >= 0.3 is 0 Å². The van der Waals surface area contributed by atoms with Crippen LogP contribution in [0.15, 0.2) is 59.6 Å². The molecule has 0 radical (unpaired) electrons. The second-order valence-corrected chi connectivity index (χ2v) is 10.5. The Kier molecular flexibility index (Phi) is 6.23. The van der Waals surface area contributed by atoms with E-state index in [-0.39, 0.29) is 22.8 Å². The van der Waals surface area contributed by atoms with Gasteiger partial charge in [-0.2, -0.15) is 0 Å². The van der Waals surface area contributed by atoms with Gasteiger partial charge in [0.05, 0.1) is 16.5 Å². The summed E-state index contributed by atoms with van der Waals surface area (Å²) in [6, 6.07) is 13.7. The Hall–Kier alpha value is -2.68. The molecule has 174 valence electrons. The van der Waals surface area contributed by atoms with Gasteiger partial charge in [0.1, 0.15) is 0 Å². The minimum absolute atomic E-state index is 0.0561. The summed E-state index contributed by atoms with van der Waals surface area (Å²) in [5.41, 5.74) is 2.13. The van der Waals surface area contributed by atoms with E-state index in [2.05, 4.69) is 5.32 Å². The van der Waals surface area contributed by atoms with E-state index >= 15 is 0 Å². The van der Waals surface area contributed by atoms with Crippen LogP contribution < -0.4 is 5.32 Å². The number of benzene rings is 2. The van der Waals surface area contributed by atoms with E-state index in [1.165, 1.54) is 16.1 Å². The predicted molar refractivity (Wildman–Crippen MR) is 125 cm³/mol. The standard InChI is InChI=1S/C25H28N2O5S/c28-25(26-16-20-4-3-13-32-20)19-7-9-21(10-8-19)33(29,30)27-17-23(18-11-14-31-15-12-18)22-5-1-2-6-24(22)27/h1-2,5-10,17-18,20H,3-4,11-16H2,(H,26,28)/t20-/m1/s1. The number of aromatic nitrogens is 1. The van der Waals surface area contributed by atoms with Crippen molar-refractivity contribution in [3.05, 3.63) is 65.9 Å². The molecule has 7 nitrogen and oxygen atoms in total. The number of ether oxygens (including phenoxy) is 2. The summed E-state index contributed by atoms with van der Waals surface area (Å²) in [5, 5.41) is 3.82. The van der Waals surface area contributed by atoms with Crippen molar-refractivity contribution in [3.63, 3.8) is 0 Å². The van der Waals surface area contributed by atoms with Crippen LogP contribution in [0.1, 0.15) is 47.5 Å². The van der Waals surface area contributed by atoms with Gasteiger partial charge in [-0.05, 0) is 67.5 Å². The van der Waals surface area contributed by atoms with E-state index in [1.807, 2.05) is 24.3 Å². The van der Waals surface area contributed by atoms with Gasteiger partial charge in [-0.1, -0.05) is 18.2 Å². The quantitative estimate of drug-likeness (QED) is 0.596. The molecular weight excluding hydrogens is 440 g/mol. The highest BCUT2D eigenvalue weighted by Gasteiger charge is 2.26. The van der Waals surface area contributed by atoms with Gasteiger partial charge in [0.15, 0.2) is 0 Å². The molecule has 3 aromatic rings. The van der Waals surface area contributed by atoms with E-state index in [0.717, 1.165) is 43.2 Å². The Morgan fingerprint density at radius 1 is 1.00 bits per heavy atom. The summed E-state index contributed by atoms with van der Waals surface area (Å²) in [4.78, 5) is 12.6. The smallest absolute Gasteiger partial charge is 0.268 e. The topological polar surface area (TPSA) is 86.6 Å². The van der Waals surface area contributed by atoms with Crippen LogP contribution in [0.3, 0.4) is 0 Å². The summed E-state index contributed by atoms with van der Waals surface area (Å²) in [7, 11) is -3.82. The van der Waals surface area contributed by atoms with Crippen LogP contribution in [-0.4, -0.2) is 50.8 Å². The lowest BCUT2D eigenvalue weighted by Crippen LogP contribution is -2.31. The minimum atomic E-state index is -3.82. The third-order valence-corrected chi connectivity index (χ3v) is 8.25. The Labute approximate surface area is 193 Å². The van der Waals surface area contributed by atoms with E-state index < -0.39 is 10.0 Å². The van der Waals surface area contributed by atoms with Crippen molar-refractivity contribution in [2.24, 2.45) is 0 Å². The van der Waals surface area contributed by atoms with Crippen LogP contribution in [0, 0.1) is 0 Å². The zero-order valence-corrected chi connectivity index (χ0v) is 19.2. The van der Waals surface area contributed by atoms with Crippen LogP contribution >= 0.6 is 0 Å². The third-order valence-electron chi connectivity index (χ3n) is 6.56. The molecule has 5 rings (SSSR count). The van der Waals surface area contributed by atoms with Crippen molar-refractivity contribution in [3.8, 4) is 0 Å². The first-order chi connectivity index (χ1) is 16.0. The van der Waals surface area contributed by atoms with Crippen LogP contribution in [0.25, 0.3) is 10.9 Å². The molecule has 1 aromatic heterocycles. The summed E-state index contributed by atoms with van der Waals surface area (Å²) in [6.45, 7) is 2.57. The van der Waals surface area contributed by atoms with E-state index in [1.54, 1.807) is 18.3 Å². The van der Waals surface area contributed by atoms with Gasteiger partial charge in [-0.15, -0.1) is 0 Å². The minimum Gasteiger partial charge on any atom is -0.381 e. The van der Waals surface area contributed by atoms with Crippen molar-refractivity contribution in [2.75, 3.05) is 26.4 Å². The molecule has 2 aromatic carbocycles. The molecule has 0 saturated carbocycles. The third kappa shape index (κ3) is 4.43. The average Bonchev–Trinajstić information content (AvgIpc) is 3.51. The number of nitrogens with one attached hydrogen (secondary N) is 1. The molecule has 8 heteroatoms. The van der Waals surface area contributed by atoms with Gasteiger partial charge in [-0.25, -0.2) is 12.4 Å². The summed E-state index contributed by atoms with van der Waals surface area (Å²) in [5.74, 6) is 0.0395. The Balaban J connectivity index is 1.41. The second-order valence-electron chi connectivity index (χ2n) is 8.66. The van der Waals surface area contributed by atoms with Gasteiger partial charge < -0.3 is 14.8 Å². The zero-order chi connectivity index (χ0) is 22.8. The summed E-state index contributed by atoms with van der Waals surface area (Å²) in [6.07, 6.45) is 5.53. The second kappa shape index (κ2) is 9.29. The fourth-order valence-electron chi connectivity index (χ4n) is 4.71. The summed E-state index contributed by atoms with van der Waals surface area (Å²) < 4.78 is 39.5. The maximum atomic E-state index is 13.5. The van der Waals surface area contributed by atoms with Gasteiger partial charge in [-0.3, -0.25) is 4.79 Å². The highest BCUT2D eigenvalue weighted by molar-refractivity contribution is 7.90. The molecule has 3 heterocycles. The molecule has 2 aliphatic rings. The Morgan fingerprint density at radius 3 is 2.48 bits per heavy atom. The van der Waals surface area contributed by atoms with Gasteiger partial charge in [0.2, 0.25) is 0 Å². The van der Waals surface area contributed by atoms with Crippen molar-refractivity contribution >= 4 is 26.8 Å². The normalized spacial score (nSPS) is 19.7. The number of amides is 1. The van der Waals surface area contributed by atoms with Crippen LogP contribution in [-0.2, 0) is 19.5 Å². The Bertz CT molecular complexity index is 1240. The number of carbonyl (C=O) groups is 1. The fourth-order valence-corrected chi connectivity index (χ4v) is 6.09. The number of hydrogen-bond donors (Lipinski definition) is 1. The molecule has 0 spiro atoms. The van der Waals surface area contributed by atoms with E-state index in [0.29, 0.717) is 30.8 Å². The number of para-hydroxylation sites is 1. The molecule has 1 N–H and O–H groups in total. The number of nitrogens with zero attached hydrogens (tertiary/aromatic N) is 1. The largest absolute Gasteiger partial charge is 0.381 e. The Morgan fingerprint density at radius 2 is 1.76 bits per heavy atom. The highest BCUT2D eigenvalue weighted by Crippen LogP contribution is 2.35. The maximum absolute atomic E-state index is 13.5.